The normalized spacial score (nSPS) is 27.7. The number of benzene rings is 1. The zero-order chi connectivity index (χ0) is 13.2. The summed E-state index contributed by atoms with van der Waals surface area (Å²) in [6.07, 6.45) is 2.50. The molecule has 2 unspecified atom stereocenters. The Morgan fingerprint density at radius 2 is 2.05 bits per heavy atom. The Morgan fingerprint density at radius 1 is 1.26 bits per heavy atom. The van der Waals surface area contributed by atoms with Crippen molar-refractivity contribution in [3.05, 3.63) is 35.4 Å². The summed E-state index contributed by atoms with van der Waals surface area (Å²) in [6.45, 7) is 4.71. The third-order valence-electron chi connectivity index (χ3n) is 4.62. The Balaban J connectivity index is 1.55. The van der Waals surface area contributed by atoms with Gasteiger partial charge in [0.15, 0.2) is 0 Å². The molecule has 0 saturated carbocycles. The summed E-state index contributed by atoms with van der Waals surface area (Å²) in [7, 11) is 4.40. The Bertz CT molecular complexity index is 430. The second-order valence-corrected chi connectivity index (χ2v) is 6.22. The Hall–Kier alpha value is -0.900. The summed E-state index contributed by atoms with van der Waals surface area (Å²) < 4.78 is 0. The minimum atomic E-state index is 0.621. The number of rotatable bonds is 3. The topological polar surface area (TPSA) is 18.5 Å². The molecule has 1 aromatic rings. The molecule has 0 radical (unpaired) electrons. The molecular weight excluding hydrogens is 234 g/mol. The molecule has 2 aliphatic heterocycles. The van der Waals surface area contributed by atoms with E-state index in [4.69, 9.17) is 0 Å². The first-order valence-electron chi connectivity index (χ1n) is 7.41. The molecule has 0 bridgehead atoms. The van der Waals surface area contributed by atoms with Crippen molar-refractivity contribution in [2.45, 2.75) is 31.5 Å². The average molecular weight is 259 g/mol. The van der Waals surface area contributed by atoms with E-state index in [0.717, 1.165) is 12.6 Å². The van der Waals surface area contributed by atoms with Gasteiger partial charge in [-0.2, -0.15) is 0 Å². The Labute approximate surface area is 116 Å². The van der Waals surface area contributed by atoms with Gasteiger partial charge in [-0.25, -0.2) is 0 Å². The van der Waals surface area contributed by atoms with Gasteiger partial charge in [0.2, 0.25) is 0 Å². The fraction of sp³-hybridized carbons (Fsp3) is 0.625. The summed E-state index contributed by atoms with van der Waals surface area (Å²) in [5.41, 5.74) is 3.01. The summed E-state index contributed by atoms with van der Waals surface area (Å²) in [5, 5.41) is 3.69. The van der Waals surface area contributed by atoms with Crippen LogP contribution in [0.5, 0.6) is 0 Å². The van der Waals surface area contributed by atoms with Gasteiger partial charge in [-0.3, -0.25) is 0 Å². The molecule has 1 fully saturated rings. The molecule has 0 amide bonds. The van der Waals surface area contributed by atoms with Crippen molar-refractivity contribution in [1.29, 1.82) is 0 Å². The smallest absolute Gasteiger partial charge is 0.0238 e. The molecule has 3 nitrogen and oxygen atoms in total. The van der Waals surface area contributed by atoms with Gasteiger partial charge in [-0.05, 0) is 44.6 Å². The maximum atomic E-state index is 3.69. The van der Waals surface area contributed by atoms with Crippen LogP contribution in [0, 0.1) is 0 Å². The Kier molecular flexibility index (Phi) is 3.87. The summed E-state index contributed by atoms with van der Waals surface area (Å²) >= 11 is 0. The van der Waals surface area contributed by atoms with Crippen molar-refractivity contribution >= 4 is 0 Å². The van der Waals surface area contributed by atoms with Crippen LogP contribution < -0.4 is 5.32 Å². The van der Waals surface area contributed by atoms with Gasteiger partial charge in [0.25, 0.3) is 0 Å². The number of hydrogen-bond donors (Lipinski definition) is 1. The van der Waals surface area contributed by atoms with Crippen LogP contribution in [0.2, 0.25) is 0 Å². The van der Waals surface area contributed by atoms with Crippen LogP contribution in [0.15, 0.2) is 24.3 Å². The number of fused-ring (bicyclic) bond motifs is 1. The number of hydrogen-bond acceptors (Lipinski definition) is 3. The lowest BCUT2D eigenvalue weighted by Crippen LogP contribution is -2.44. The predicted molar refractivity (Wildman–Crippen MR) is 79.3 cm³/mol. The first-order valence-corrected chi connectivity index (χ1v) is 7.41. The van der Waals surface area contributed by atoms with Crippen molar-refractivity contribution in [3.63, 3.8) is 0 Å². The van der Waals surface area contributed by atoms with Crippen molar-refractivity contribution in [2.75, 3.05) is 33.7 Å². The SMILES string of the molecule is CN(C)C1CCN(CC2Cc3ccccc3CN2)C1. The molecule has 1 saturated heterocycles. The molecule has 3 heteroatoms. The lowest BCUT2D eigenvalue weighted by molar-refractivity contribution is 0.246. The summed E-state index contributed by atoms with van der Waals surface area (Å²) in [4.78, 5) is 4.99. The molecule has 2 aliphatic rings. The largest absolute Gasteiger partial charge is 0.308 e. The zero-order valence-electron chi connectivity index (χ0n) is 12.1. The van der Waals surface area contributed by atoms with E-state index < -0.39 is 0 Å². The fourth-order valence-corrected chi connectivity index (χ4v) is 3.36. The highest BCUT2D eigenvalue weighted by Gasteiger charge is 2.27. The first-order chi connectivity index (χ1) is 9.22. The molecule has 2 atom stereocenters. The molecule has 0 aliphatic carbocycles. The monoisotopic (exact) mass is 259 g/mol. The van der Waals surface area contributed by atoms with E-state index >= 15 is 0 Å². The third kappa shape index (κ3) is 2.99. The van der Waals surface area contributed by atoms with Crippen molar-refractivity contribution < 1.29 is 0 Å². The highest BCUT2D eigenvalue weighted by Crippen LogP contribution is 2.19. The number of nitrogens with zero attached hydrogens (tertiary/aromatic N) is 2. The average Bonchev–Trinajstić information content (AvgIpc) is 2.87. The van der Waals surface area contributed by atoms with Crippen LogP contribution in [-0.2, 0) is 13.0 Å². The van der Waals surface area contributed by atoms with Gasteiger partial charge in [-0.1, -0.05) is 24.3 Å². The van der Waals surface area contributed by atoms with Gasteiger partial charge < -0.3 is 15.1 Å². The summed E-state index contributed by atoms with van der Waals surface area (Å²) in [6, 6.07) is 10.2. The van der Waals surface area contributed by atoms with Crippen molar-refractivity contribution in [1.82, 2.24) is 15.1 Å². The van der Waals surface area contributed by atoms with Crippen molar-refractivity contribution in [3.8, 4) is 0 Å². The van der Waals surface area contributed by atoms with E-state index in [-0.39, 0.29) is 0 Å². The first kappa shape index (κ1) is 13.1. The molecule has 19 heavy (non-hydrogen) atoms. The molecular formula is C16H25N3. The van der Waals surface area contributed by atoms with E-state index in [1.54, 1.807) is 0 Å². The molecule has 3 rings (SSSR count). The maximum absolute atomic E-state index is 3.69. The molecule has 1 aromatic carbocycles. The molecule has 1 N–H and O–H groups in total. The molecule has 0 aromatic heterocycles. The van der Waals surface area contributed by atoms with E-state index in [2.05, 4.69) is 53.5 Å². The van der Waals surface area contributed by atoms with E-state index in [1.165, 1.54) is 43.6 Å². The zero-order valence-corrected chi connectivity index (χ0v) is 12.1. The second kappa shape index (κ2) is 5.61. The lowest BCUT2D eigenvalue weighted by atomic mass is 9.96. The minimum Gasteiger partial charge on any atom is -0.308 e. The number of nitrogens with one attached hydrogen (secondary N) is 1. The molecule has 0 spiro atoms. The standard InChI is InChI=1S/C16H25N3/c1-18(2)16-7-8-19(12-16)11-15-9-13-5-3-4-6-14(13)10-17-15/h3-6,15-17H,7-12H2,1-2H3. The lowest BCUT2D eigenvalue weighted by Gasteiger charge is -2.30. The maximum Gasteiger partial charge on any atom is 0.0238 e. The number of likely N-dealkylation sites (N-methyl/N-ethyl adjacent to an activating group) is 1. The highest BCUT2D eigenvalue weighted by molar-refractivity contribution is 5.29. The van der Waals surface area contributed by atoms with Crippen LogP contribution >= 0.6 is 0 Å². The van der Waals surface area contributed by atoms with Crippen LogP contribution in [-0.4, -0.2) is 55.6 Å². The van der Waals surface area contributed by atoms with Crippen LogP contribution in [0.25, 0.3) is 0 Å². The van der Waals surface area contributed by atoms with Gasteiger partial charge in [0.1, 0.15) is 0 Å². The van der Waals surface area contributed by atoms with Crippen LogP contribution in [0.1, 0.15) is 17.5 Å². The molecule has 104 valence electrons. The van der Waals surface area contributed by atoms with Crippen molar-refractivity contribution in [2.24, 2.45) is 0 Å². The van der Waals surface area contributed by atoms with E-state index in [0.29, 0.717) is 6.04 Å². The highest BCUT2D eigenvalue weighted by atomic mass is 15.2. The van der Waals surface area contributed by atoms with Crippen LogP contribution in [0.3, 0.4) is 0 Å². The minimum absolute atomic E-state index is 0.621. The van der Waals surface area contributed by atoms with Gasteiger partial charge in [0.05, 0.1) is 0 Å². The van der Waals surface area contributed by atoms with Gasteiger partial charge in [-0.15, -0.1) is 0 Å². The quantitative estimate of drug-likeness (QED) is 0.884. The predicted octanol–water partition coefficient (Wildman–Crippen LogP) is 1.34. The van der Waals surface area contributed by atoms with E-state index in [9.17, 15) is 0 Å². The summed E-state index contributed by atoms with van der Waals surface area (Å²) in [5.74, 6) is 0. The van der Waals surface area contributed by atoms with Gasteiger partial charge in [0, 0.05) is 31.7 Å². The third-order valence-corrected chi connectivity index (χ3v) is 4.62. The van der Waals surface area contributed by atoms with Gasteiger partial charge >= 0.3 is 0 Å². The van der Waals surface area contributed by atoms with E-state index in [1.807, 2.05) is 0 Å². The number of likely N-dealkylation sites (tertiary alicyclic amines) is 1. The fourth-order valence-electron chi connectivity index (χ4n) is 3.36. The van der Waals surface area contributed by atoms with Crippen LogP contribution in [0.4, 0.5) is 0 Å². The Morgan fingerprint density at radius 3 is 2.79 bits per heavy atom. The second-order valence-electron chi connectivity index (χ2n) is 6.22. The molecule has 2 heterocycles.